The van der Waals surface area contributed by atoms with E-state index in [0.29, 0.717) is 11.5 Å². The lowest BCUT2D eigenvalue weighted by atomic mass is 9.69. The van der Waals surface area contributed by atoms with Crippen molar-refractivity contribution < 1.29 is 9.47 Å². The zero-order valence-electron chi connectivity index (χ0n) is 8.71. The Bertz CT molecular complexity index is 173. The highest BCUT2D eigenvalue weighted by Gasteiger charge is 2.42. The van der Waals surface area contributed by atoms with E-state index in [1.54, 1.807) is 0 Å². The highest BCUT2D eigenvalue weighted by molar-refractivity contribution is 4.91. The van der Waals surface area contributed by atoms with E-state index in [0.717, 1.165) is 25.7 Å². The summed E-state index contributed by atoms with van der Waals surface area (Å²) in [5.41, 5.74) is 0.440. The molecule has 2 fully saturated rings. The molecule has 2 saturated heterocycles. The molecule has 13 heavy (non-hydrogen) atoms. The van der Waals surface area contributed by atoms with Crippen molar-refractivity contribution in [3.8, 4) is 0 Å². The van der Waals surface area contributed by atoms with Crippen LogP contribution >= 0.6 is 0 Å². The Morgan fingerprint density at radius 2 is 1.85 bits per heavy atom. The summed E-state index contributed by atoms with van der Waals surface area (Å²) in [7, 11) is 0. The maximum Gasteiger partial charge on any atom is 0.0605 e. The molecule has 0 aromatic carbocycles. The Balaban J connectivity index is 2.07. The van der Waals surface area contributed by atoms with Gasteiger partial charge in [-0.3, -0.25) is 0 Å². The first-order chi connectivity index (χ1) is 6.23. The van der Waals surface area contributed by atoms with Gasteiger partial charge in [0.1, 0.15) is 0 Å². The molecule has 2 nitrogen and oxygen atoms in total. The molecule has 0 aromatic heterocycles. The van der Waals surface area contributed by atoms with Crippen molar-refractivity contribution in [3.05, 3.63) is 0 Å². The Kier molecular flexibility index (Phi) is 2.61. The van der Waals surface area contributed by atoms with Crippen LogP contribution in [-0.2, 0) is 9.47 Å². The van der Waals surface area contributed by atoms with Gasteiger partial charge in [0.15, 0.2) is 0 Å². The molecule has 0 aliphatic carbocycles. The summed E-state index contributed by atoms with van der Waals surface area (Å²) in [4.78, 5) is 0. The fourth-order valence-electron chi connectivity index (χ4n) is 2.79. The normalized spacial score (nSPS) is 39.2. The van der Waals surface area contributed by atoms with Crippen molar-refractivity contribution >= 4 is 0 Å². The fraction of sp³-hybridized carbons (Fsp3) is 1.00. The molecule has 0 N–H and O–H groups in total. The molecule has 0 radical (unpaired) electrons. The van der Waals surface area contributed by atoms with E-state index in [9.17, 15) is 0 Å². The lowest BCUT2D eigenvalue weighted by Gasteiger charge is -2.47. The molecule has 2 aliphatic heterocycles. The maximum atomic E-state index is 5.83. The Labute approximate surface area is 80.6 Å². The smallest absolute Gasteiger partial charge is 0.0605 e. The Hall–Kier alpha value is -0.0800. The zero-order chi connectivity index (χ0) is 9.31. The summed E-state index contributed by atoms with van der Waals surface area (Å²) < 4.78 is 11.3. The SMILES string of the molecule is CC1COC(C)C2(CCOCC2)C1. The lowest BCUT2D eigenvalue weighted by molar-refractivity contribution is -0.137. The lowest BCUT2D eigenvalue weighted by Crippen LogP contribution is -2.46. The highest BCUT2D eigenvalue weighted by atomic mass is 16.5. The summed E-state index contributed by atoms with van der Waals surface area (Å²) in [6.07, 6.45) is 4.15. The van der Waals surface area contributed by atoms with Crippen LogP contribution in [0.2, 0.25) is 0 Å². The molecule has 2 unspecified atom stereocenters. The van der Waals surface area contributed by atoms with Crippen molar-refractivity contribution in [1.29, 1.82) is 0 Å². The molecule has 2 heterocycles. The topological polar surface area (TPSA) is 18.5 Å². The molecule has 0 saturated carbocycles. The number of ether oxygens (including phenoxy) is 2. The van der Waals surface area contributed by atoms with Gasteiger partial charge in [-0.05, 0) is 32.1 Å². The van der Waals surface area contributed by atoms with Crippen LogP contribution in [0.4, 0.5) is 0 Å². The predicted molar refractivity (Wildman–Crippen MR) is 51.7 cm³/mol. The quantitative estimate of drug-likeness (QED) is 0.574. The third kappa shape index (κ3) is 1.75. The summed E-state index contributed by atoms with van der Waals surface area (Å²) >= 11 is 0. The number of hydrogen-bond acceptors (Lipinski definition) is 2. The van der Waals surface area contributed by atoms with Gasteiger partial charge in [-0.15, -0.1) is 0 Å². The van der Waals surface area contributed by atoms with Crippen LogP contribution in [0.5, 0.6) is 0 Å². The van der Waals surface area contributed by atoms with E-state index in [4.69, 9.17) is 9.47 Å². The second-order valence-corrected chi connectivity index (χ2v) is 4.76. The van der Waals surface area contributed by atoms with Gasteiger partial charge in [-0.2, -0.15) is 0 Å². The summed E-state index contributed by atoms with van der Waals surface area (Å²) in [5, 5.41) is 0. The second-order valence-electron chi connectivity index (χ2n) is 4.76. The van der Waals surface area contributed by atoms with Gasteiger partial charge < -0.3 is 9.47 Å². The van der Waals surface area contributed by atoms with Crippen molar-refractivity contribution in [2.45, 2.75) is 39.2 Å². The minimum atomic E-state index is 0.438. The van der Waals surface area contributed by atoms with Crippen LogP contribution in [-0.4, -0.2) is 25.9 Å². The molecule has 0 amide bonds. The first-order valence-corrected chi connectivity index (χ1v) is 5.42. The van der Waals surface area contributed by atoms with E-state index in [1.807, 2.05) is 0 Å². The molecular formula is C11H20O2. The van der Waals surface area contributed by atoms with Crippen molar-refractivity contribution in [2.75, 3.05) is 19.8 Å². The van der Waals surface area contributed by atoms with Crippen molar-refractivity contribution in [1.82, 2.24) is 0 Å². The molecule has 0 aromatic rings. The second kappa shape index (κ2) is 3.58. The van der Waals surface area contributed by atoms with E-state index in [2.05, 4.69) is 13.8 Å². The van der Waals surface area contributed by atoms with E-state index >= 15 is 0 Å². The van der Waals surface area contributed by atoms with Gasteiger partial charge in [-0.1, -0.05) is 6.92 Å². The minimum absolute atomic E-state index is 0.438. The molecule has 2 atom stereocenters. The third-order valence-electron chi connectivity index (χ3n) is 3.74. The first kappa shape index (κ1) is 9.47. The zero-order valence-corrected chi connectivity index (χ0v) is 8.71. The average Bonchev–Trinajstić information content (AvgIpc) is 2.14. The van der Waals surface area contributed by atoms with Gasteiger partial charge >= 0.3 is 0 Å². The molecule has 1 spiro atoms. The molecule has 2 aliphatic rings. The van der Waals surface area contributed by atoms with Gasteiger partial charge in [0.25, 0.3) is 0 Å². The standard InChI is InChI=1S/C11H20O2/c1-9-7-11(10(2)13-8-9)3-5-12-6-4-11/h9-10H,3-8H2,1-2H3. The average molecular weight is 184 g/mol. The Morgan fingerprint density at radius 1 is 1.15 bits per heavy atom. The van der Waals surface area contributed by atoms with Crippen LogP contribution in [0.3, 0.4) is 0 Å². The summed E-state index contributed by atoms with van der Waals surface area (Å²) in [5.74, 6) is 0.731. The van der Waals surface area contributed by atoms with Crippen molar-refractivity contribution in [3.63, 3.8) is 0 Å². The molecular weight excluding hydrogens is 164 g/mol. The van der Waals surface area contributed by atoms with Gasteiger partial charge in [0, 0.05) is 25.2 Å². The molecule has 2 heteroatoms. The molecule has 76 valence electrons. The first-order valence-electron chi connectivity index (χ1n) is 5.42. The van der Waals surface area contributed by atoms with E-state index in [1.165, 1.54) is 19.3 Å². The number of rotatable bonds is 0. The summed E-state index contributed by atoms with van der Waals surface area (Å²) in [6.45, 7) is 7.34. The van der Waals surface area contributed by atoms with Gasteiger partial charge in [0.05, 0.1) is 6.10 Å². The number of hydrogen-bond donors (Lipinski definition) is 0. The van der Waals surface area contributed by atoms with Gasteiger partial charge in [-0.25, -0.2) is 0 Å². The summed E-state index contributed by atoms with van der Waals surface area (Å²) in [6, 6.07) is 0. The van der Waals surface area contributed by atoms with Crippen LogP contribution in [0.15, 0.2) is 0 Å². The van der Waals surface area contributed by atoms with Crippen LogP contribution in [0.1, 0.15) is 33.1 Å². The van der Waals surface area contributed by atoms with E-state index < -0.39 is 0 Å². The highest BCUT2D eigenvalue weighted by Crippen LogP contribution is 2.44. The largest absolute Gasteiger partial charge is 0.381 e. The van der Waals surface area contributed by atoms with Crippen LogP contribution < -0.4 is 0 Å². The minimum Gasteiger partial charge on any atom is -0.381 e. The van der Waals surface area contributed by atoms with Gasteiger partial charge in [0.2, 0.25) is 0 Å². The Morgan fingerprint density at radius 3 is 2.54 bits per heavy atom. The predicted octanol–water partition coefficient (Wildman–Crippen LogP) is 2.23. The monoisotopic (exact) mass is 184 g/mol. The third-order valence-corrected chi connectivity index (χ3v) is 3.74. The van der Waals surface area contributed by atoms with Crippen molar-refractivity contribution in [2.24, 2.45) is 11.3 Å². The van der Waals surface area contributed by atoms with Crippen LogP contribution in [0.25, 0.3) is 0 Å². The molecule has 0 bridgehead atoms. The van der Waals surface area contributed by atoms with E-state index in [-0.39, 0.29) is 0 Å². The van der Waals surface area contributed by atoms with Crippen LogP contribution in [0, 0.1) is 11.3 Å². The molecule has 2 rings (SSSR count). The fourth-order valence-corrected chi connectivity index (χ4v) is 2.79. The maximum absolute atomic E-state index is 5.83.